The van der Waals surface area contributed by atoms with Gasteiger partial charge in [0.05, 0.1) is 12.3 Å². The molecule has 1 aromatic heterocycles. The van der Waals surface area contributed by atoms with Crippen molar-refractivity contribution in [3.05, 3.63) is 11.8 Å². The number of nitrogens with zero attached hydrogens (tertiary/aromatic N) is 3. The molecule has 0 saturated carbocycles. The molecule has 3 aliphatic heterocycles. The number of aromatic nitrogens is 2. The molecular formula is C15H23N5O. The number of anilines is 2. The minimum atomic E-state index is 0.372. The Morgan fingerprint density at radius 2 is 2.24 bits per heavy atom. The second-order valence-electron chi connectivity index (χ2n) is 6.44. The Hall–Kier alpha value is -1.40. The Balaban J connectivity index is 1.57. The molecule has 4 rings (SSSR count). The quantitative estimate of drug-likeness (QED) is 0.837. The second-order valence-corrected chi connectivity index (χ2v) is 6.44. The van der Waals surface area contributed by atoms with E-state index in [1.807, 2.05) is 0 Å². The molecule has 6 nitrogen and oxygen atoms in total. The number of hydrogen-bond donors (Lipinski definition) is 2. The molecule has 6 heteroatoms. The molecule has 0 aromatic carbocycles. The van der Waals surface area contributed by atoms with Gasteiger partial charge in [0.15, 0.2) is 0 Å². The average Bonchev–Trinajstić information content (AvgIpc) is 3.16. The fourth-order valence-corrected chi connectivity index (χ4v) is 3.84. The average molecular weight is 289 g/mol. The van der Waals surface area contributed by atoms with Gasteiger partial charge in [-0.3, -0.25) is 0 Å². The van der Waals surface area contributed by atoms with Crippen LogP contribution in [0.2, 0.25) is 0 Å². The normalized spacial score (nSPS) is 32.4. The first-order valence-electron chi connectivity index (χ1n) is 8.00. The van der Waals surface area contributed by atoms with E-state index in [4.69, 9.17) is 10.5 Å². The molecule has 0 spiro atoms. The van der Waals surface area contributed by atoms with Crippen molar-refractivity contribution < 1.29 is 4.74 Å². The van der Waals surface area contributed by atoms with Crippen LogP contribution in [0, 0.1) is 5.92 Å². The van der Waals surface area contributed by atoms with E-state index in [1.165, 1.54) is 12.8 Å². The number of ether oxygens (including phenoxy) is 1. The summed E-state index contributed by atoms with van der Waals surface area (Å²) in [6.45, 7) is 4.83. The number of nitrogens with one attached hydrogen (secondary N) is 1. The minimum Gasteiger partial charge on any atom is -0.381 e. The van der Waals surface area contributed by atoms with Crippen molar-refractivity contribution in [1.29, 1.82) is 0 Å². The molecule has 21 heavy (non-hydrogen) atoms. The molecule has 3 aliphatic rings. The van der Waals surface area contributed by atoms with Gasteiger partial charge in [0.1, 0.15) is 5.82 Å². The third kappa shape index (κ3) is 2.58. The maximum Gasteiger partial charge on any atom is 0.222 e. The van der Waals surface area contributed by atoms with Crippen molar-refractivity contribution in [2.75, 3.05) is 43.5 Å². The predicted molar refractivity (Wildman–Crippen MR) is 81.3 cm³/mol. The number of nitrogens with two attached hydrogens (primary N) is 1. The van der Waals surface area contributed by atoms with Gasteiger partial charge in [-0.1, -0.05) is 0 Å². The molecule has 4 heterocycles. The summed E-state index contributed by atoms with van der Waals surface area (Å²) in [7, 11) is 0. The Kier molecular flexibility index (Phi) is 3.43. The zero-order chi connectivity index (χ0) is 14.2. The number of rotatable bonds is 2. The van der Waals surface area contributed by atoms with Crippen molar-refractivity contribution in [3.8, 4) is 0 Å². The Labute approximate surface area is 125 Å². The molecule has 0 radical (unpaired) electrons. The zero-order valence-corrected chi connectivity index (χ0v) is 12.3. The van der Waals surface area contributed by atoms with Gasteiger partial charge in [0.2, 0.25) is 5.95 Å². The molecule has 3 saturated heterocycles. The molecule has 0 amide bonds. The lowest BCUT2D eigenvalue weighted by atomic mass is 9.94. The standard InChI is InChI=1S/C15H23N5O/c16-15-18-12(11-3-5-21-9-11)6-14(19-15)20-7-10-2-1-4-17-13(10)8-20/h6,10-11,13,17H,1-5,7-9H2,(H2,16,18,19). The molecule has 0 bridgehead atoms. The smallest absolute Gasteiger partial charge is 0.222 e. The third-order valence-corrected chi connectivity index (χ3v) is 5.02. The molecule has 3 fully saturated rings. The third-order valence-electron chi connectivity index (χ3n) is 5.02. The summed E-state index contributed by atoms with van der Waals surface area (Å²) in [5.41, 5.74) is 6.98. The molecule has 3 N–H and O–H groups in total. The van der Waals surface area contributed by atoms with Crippen molar-refractivity contribution in [2.24, 2.45) is 5.92 Å². The Morgan fingerprint density at radius 1 is 1.29 bits per heavy atom. The number of piperidine rings is 1. The highest BCUT2D eigenvalue weighted by atomic mass is 16.5. The van der Waals surface area contributed by atoms with Gasteiger partial charge in [-0.25, -0.2) is 4.98 Å². The summed E-state index contributed by atoms with van der Waals surface area (Å²) in [6, 6.07) is 2.72. The van der Waals surface area contributed by atoms with Gasteiger partial charge < -0.3 is 20.7 Å². The van der Waals surface area contributed by atoms with Crippen LogP contribution in [0.4, 0.5) is 11.8 Å². The summed E-state index contributed by atoms with van der Waals surface area (Å²) in [6.07, 6.45) is 3.63. The lowest BCUT2D eigenvalue weighted by molar-refractivity contribution is 0.193. The van der Waals surface area contributed by atoms with Crippen LogP contribution in [0.1, 0.15) is 30.9 Å². The van der Waals surface area contributed by atoms with Gasteiger partial charge >= 0.3 is 0 Å². The topological polar surface area (TPSA) is 76.3 Å². The van der Waals surface area contributed by atoms with Gasteiger partial charge in [-0.05, 0) is 31.7 Å². The highest BCUT2D eigenvalue weighted by Crippen LogP contribution is 2.31. The molecule has 0 aliphatic carbocycles. The highest BCUT2D eigenvalue weighted by Gasteiger charge is 2.35. The molecular weight excluding hydrogens is 266 g/mol. The first kappa shape index (κ1) is 13.3. The SMILES string of the molecule is Nc1nc(C2CCOC2)cc(N2CC3CCCNC3C2)n1. The molecule has 114 valence electrons. The predicted octanol–water partition coefficient (Wildman–Crippen LogP) is 0.751. The summed E-state index contributed by atoms with van der Waals surface area (Å²) in [5, 5.41) is 3.63. The van der Waals surface area contributed by atoms with Crippen LogP contribution in [0.25, 0.3) is 0 Å². The Bertz CT molecular complexity index is 503. The summed E-state index contributed by atoms with van der Waals surface area (Å²) >= 11 is 0. The van der Waals surface area contributed by atoms with Crippen LogP contribution < -0.4 is 16.0 Å². The number of hydrogen-bond acceptors (Lipinski definition) is 6. The lowest BCUT2D eigenvalue weighted by Gasteiger charge is -2.24. The maximum atomic E-state index is 5.94. The Morgan fingerprint density at radius 3 is 3.05 bits per heavy atom. The van der Waals surface area contributed by atoms with E-state index in [0.29, 0.717) is 17.9 Å². The molecule has 3 atom stereocenters. The van der Waals surface area contributed by atoms with Crippen LogP contribution in [0.3, 0.4) is 0 Å². The largest absolute Gasteiger partial charge is 0.381 e. The summed E-state index contributed by atoms with van der Waals surface area (Å²) < 4.78 is 5.47. The zero-order valence-electron chi connectivity index (χ0n) is 12.3. The van der Waals surface area contributed by atoms with E-state index in [-0.39, 0.29) is 0 Å². The minimum absolute atomic E-state index is 0.372. The van der Waals surface area contributed by atoms with Crippen molar-refractivity contribution >= 4 is 11.8 Å². The highest BCUT2D eigenvalue weighted by molar-refractivity contribution is 5.46. The van der Waals surface area contributed by atoms with Crippen LogP contribution in [-0.4, -0.2) is 48.9 Å². The van der Waals surface area contributed by atoms with E-state index in [2.05, 4.69) is 26.3 Å². The lowest BCUT2D eigenvalue weighted by Crippen LogP contribution is -2.40. The maximum absolute atomic E-state index is 5.94. The van der Waals surface area contributed by atoms with Crippen molar-refractivity contribution in [3.63, 3.8) is 0 Å². The van der Waals surface area contributed by atoms with Gasteiger partial charge in [-0.2, -0.15) is 4.98 Å². The molecule has 3 unspecified atom stereocenters. The first-order valence-corrected chi connectivity index (χ1v) is 8.00. The van der Waals surface area contributed by atoms with E-state index in [1.54, 1.807) is 0 Å². The van der Waals surface area contributed by atoms with Gasteiger partial charge in [0, 0.05) is 37.7 Å². The van der Waals surface area contributed by atoms with Crippen LogP contribution in [-0.2, 0) is 4.74 Å². The van der Waals surface area contributed by atoms with Gasteiger partial charge in [0.25, 0.3) is 0 Å². The van der Waals surface area contributed by atoms with Crippen LogP contribution >= 0.6 is 0 Å². The van der Waals surface area contributed by atoms with E-state index >= 15 is 0 Å². The number of fused-ring (bicyclic) bond motifs is 1. The van der Waals surface area contributed by atoms with Crippen molar-refractivity contribution in [2.45, 2.75) is 31.2 Å². The van der Waals surface area contributed by atoms with Gasteiger partial charge in [-0.15, -0.1) is 0 Å². The van der Waals surface area contributed by atoms with E-state index in [0.717, 1.165) is 56.7 Å². The van der Waals surface area contributed by atoms with Crippen molar-refractivity contribution in [1.82, 2.24) is 15.3 Å². The fraction of sp³-hybridized carbons (Fsp3) is 0.733. The van der Waals surface area contributed by atoms with E-state index in [9.17, 15) is 0 Å². The van der Waals surface area contributed by atoms with Crippen LogP contribution in [0.5, 0.6) is 0 Å². The van der Waals surface area contributed by atoms with Crippen LogP contribution in [0.15, 0.2) is 6.07 Å². The summed E-state index contributed by atoms with van der Waals surface area (Å²) in [4.78, 5) is 11.3. The first-order chi connectivity index (χ1) is 10.3. The monoisotopic (exact) mass is 289 g/mol. The fourth-order valence-electron chi connectivity index (χ4n) is 3.84. The summed E-state index contributed by atoms with van der Waals surface area (Å²) in [5.74, 6) is 2.49. The number of nitrogen functional groups attached to an aromatic ring is 1. The second kappa shape index (κ2) is 5.42. The van der Waals surface area contributed by atoms with E-state index < -0.39 is 0 Å². The molecule has 1 aromatic rings.